The lowest BCUT2D eigenvalue weighted by Crippen LogP contribution is -2.36. The van der Waals surface area contributed by atoms with Crippen LogP contribution in [0, 0.1) is 6.92 Å². The molecule has 0 radical (unpaired) electrons. The van der Waals surface area contributed by atoms with E-state index in [2.05, 4.69) is 22.3 Å². The molecule has 150 valence electrons. The number of hydrogen-bond donors (Lipinski definition) is 0. The molecule has 0 atom stereocenters. The summed E-state index contributed by atoms with van der Waals surface area (Å²) in [7, 11) is 0. The van der Waals surface area contributed by atoms with Crippen LogP contribution in [0.1, 0.15) is 39.0 Å². The second-order valence-electron chi connectivity index (χ2n) is 7.44. The number of aryl methyl sites for hydroxylation is 1. The van der Waals surface area contributed by atoms with Crippen molar-refractivity contribution in [2.24, 2.45) is 0 Å². The van der Waals surface area contributed by atoms with E-state index >= 15 is 0 Å². The second-order valence-corrected chi connectivity index (χ2v) is 7.44. The summed E-state index contributed by atoms with van der Waals surface area (Å²) in [4.78, 5) is 19.8. The summed E-state index contributed by atoms with van der Waals surface area (Å²) >= 11 is 0. The highest BCUT2D eigenvalue weighted by Gasteiger charge is 2.30. The van der Waals surface area contributed by atoms with Gasteiger partial charge in [-0.1, -0.05) is 65.8 Å². The first kappa shape index (κ1) is 18.4. The fourth-order valence-corrected chi connectivity index (χ4v) is 3.85. The Morgan fingerprint density at radius 3 is 2.57 bits per heavy atom. The Morgan fingerprint density at radius 2 is 1.80 bits per heavy atom. The molecule has 0 saturated carbocycles. The number of fused-ring (bicyclic) bond motifs is 1. The van der Waals surface area contributed by atoms with Crippen LogP contribution < -0.4 is 0 Å². The first-order valence-electron chi connectivity index (χ1n) is 10.0. The smallest absolute Gasteiger partial charge is 0.260 e. The Balaban J connectivity index is 1.38. The van der Waals surface area contributed by atoms with Crippen LogP contribution in [0.4, 0.5) is 0 Å². The van der Waals surface area contributed by atoms with Gasteiger partial charge >= 0.3 is 0 Å². The van der Waals surface area contributed by atoms with Crippen molar-refractivity contribution >= 4 is 5.91 Å². The second kappa shape index (κ2) is 7.63. The summed E-state index contributed by atoms with van der Waals surface area (Å²) in [6, 6.07) is 19.7. The lowest BCUT2D eigenvalue weighted by Gasteiger charge is -2.25. The highest BCUT2D eigenvalue weighted by Crippen LogP contribution is 2.29. The van der Waals surface area contributed by atoms with Crippen molar-refractivity contribution in [3.63, 3.8) is 0 Å². The Kier molecular flexibility index (Phi) is 4.67. The molecule has 0 N–H and O–H groups in total. The number of oxazole rings is 1. The number of amides is 1. The largest absolute Gasteiger partial charge is 0.445 e. The first-order valence-corrected chi connectivity index (χ1v) is 10.0. The van der Waals surface area contributed by atoms with Crippen molar-refractivity contribution in [3.05, 3.63) is 94.9 Å². The molecule has 5 rings (SSSR count). The van der Waals surface area contributed by atoms with E-state index in [1.165, 1.54) is 0 Å². The average molecular weight is 399 g/mol. The third-order valence-electron chi connectivity index (χ3n) is 5.38. The minimum Gasteiger partial charge on any atom is -0.445 e. The predicted molar refractivity (Wildman–Crippen MR) is 111 cm³/mol. The van der Waals surface area contributed by atoms with Gasteiger partial charge in [-0.15, -0.1) is 0 Å². The molecule has 0 bridgehead atoms. The van der Waals surface area contributed by atoms with Crippen LogP contribution in [0.3, 0.4) is 0 Å². The predicted octanol–water partition coefficient (Wildman–Crippen LogP) is 4.43. The summed E-state index contributed by atoms with van der Waals surface area (Å²) in [5.74, 6) is 1.99. The lowest BCUT2D eigenvalue weighted by molar-refractivity contribution is 0.0726. The quantitative estimate of drug-likeness (QED) is 0.508. The fraction of sp³-hybridized carbons (Fsp3) is 0.208. The lowest BCUT2D eigenvalue weighted by atomic mass is 10.0. The van der Waals surface area contributed by atoms with Crippen LogP contribution in [0.5, 0.6) is 0 Å². The van der Waals surface area contributed by atoms with E-state index in [1.54, 1.807) is 11.8 Å². The number of rotatable bonds is 4. The van der Waals surface area contributed by atoms with Crippen molar-refractivity contribution in [2.45, 2.75) is 26.3 Å². The number of carbonyl (C=O) groups is 1. The summed E-state index contributed by atoms with van der Waals surface area (Å²) in [6.07, 6.45) is 1.29. The Morgan fingerprint density at radius 1 is 1.07 bits per heavy atom. The highest BCUT2D eigenvalue weighted by atomic mass is 16.5. The molecular weight excluding hydrogens is 378 g/mol. The van der Waals surface area contributed by atoms with E-state index in [4.69, 9.17) is 8.94 Å². The summed E-state index contributed by atoms with van der Waals surface area (Å²) in [5.41, 5.74) is 3.93. The molecule has 4 aromatic rings. The SMILES string of the molecule is Cc1onc(-c2ccccc2)c1C(=O)N1CCc2oc(Cc3ccccc3)nc2C1. The van der Waals surface area contributed by atoms with Crippen LogP contribution in [-0.4, -0.2) is 27.5 Å². The summed E-state index contributed by atoms with van der Waals surface area (Å²) in [5, 5.41) is 4.14. The van der Waals surface area contributed by atoms with Gasteiger partial charge in [0.25, 0.3) is 5.91 Å². The molecular formula is C24H21N3O3. The van der Waals surface area contributed by atoms with E-state index in [9.17, 15) is 4.79 Å². The fourth-order valence-electron chi connectivity index (χ4n) is 3.85. The van der Waals surface area contributed by atoms with E-state index in [0.29, 0.717) is 48.8 Å². The zero-order valence-electron chi connectivity index (χ0n) is 16.7. The molecule has 0 unspecified atom stereocenters. The third-order valence-corrected chi connectivity index (χ3v) is 5.38. The van der Waals surface area contributed by atoms with Gasteiger partial charge in [-0.2, -0.15) is 0 Å². The molecule has 6 heteroatoms. The van der Waals surface area contributed by atoms with Gasteiger partial charge < -0.3 is 13.8 Å². The van der Waals surface area contributed by atoms with Crippen LogP contribution in [-0.2, 0) is 19.4 Å². The normalized spacial score (nSPS) is 13.3. The molecule has 1 amide bonds. The van der Waals surface area contributed by atoms with Crippen molar-refractivity contribution < 1.29 is 13.7 Å². The van der Waals surface area contributed by atoms with E-state index in [-0.39, 0.29) is 5.91 Å². The van der Waals surface area contributed by atoms with Crippen molar-refractivity contribution in [3.8, 4) is 11.3 Å². The van der Waals surface area contributed by atoms with E-state index < -0.39 is 0 Å². The van der Waals surface area contributed by atoms with Gasteiger partial charge in [-0.25, -0.2) is 4.98 Å². The van der Waals surface area contributed by atoms with Crippen molar-refractivity contribution in [1.82, 2.24) is 15.0 Å². The number of carbonyl (C=O) groups excluding carboxylic acids is 1. The van der Waals surface area contributed by atoms with Gasteiger partial charge in [0.1, 0.15) is 28.5 Å². The maximum atomic E-state index is 13.4. The van der Waals surface area contributed by atoms with Crippen molar-refractivity contribution in [1.29, 1.82) is 0 Å². The van der Waals surface area contributed by atoms with Crippen LogP contribution >= 0.6 is 0 Å². The van der Waals surface area contributed by atoms with Gasteiger partial charge in [-0.3, -0.25) is 4.79 Å². The molecule has 3 heterocycles. The van der Waals surface area contributed by atoms with Gasteiger partial charge in [0.2, 0.25) is 0 Å². The molecule has 1 aliphatic rings. The minimum absolute atomic E-state index is 0.0918. The number of hydrogen-bond acceptors (Lipinski definition) is 5. The Bertz CT molecular complexity index is 1180. The maximum absolute atomic E-state index is 13.4. The molecule has 1 aliphatic heterocycles. The van der Waals surface area contributed by atoms with Gasteiger partial charge in [0, 0.05) is 24.9 Å². The van der Waals surface area contributed by atoms with Gasteiger partial charge in [0.05, 0.1) is 6.54 Å². The highest BCUT2D eigenvalue weighted by molar-refractivity contribution is 6.00. The monoisotopic (exact) mass is 399 g/mol. The minimum atomic E-state index is -0.0918. The van der Waals surface area contributed by atoms with Gasteiger partial charge in [-0.05, 0) is 12.5 Å². The molecule has 0 aliphatic carbocycles. The summed E-state index contributed by atoms with van der Waals surface area (Å²) < 4.78 is 11.3. The molecule has 0 saturated heterocycles. The third kappa shape index (κ3) is 3.41. The average Bonchev–Trinajstić information content (AvgIpc) is 3.36. The molecule has 30 heavy (non-hydrogen) atoms. The summed E-state index contributed by atoms with van der Waals surface area (Å²) in [6.45, 7) is 2.77. The zero-order chi connectivity index (χ0) is 20.5. The number of benzene rings is 2. The standard InChI is InChI=1S/C24H21N3O3/c1-16-22(23(26-30-16)18-10-6-3-7-11-18)24(28)27-13-12-20-19(15-27)25-21(29-20)14-17-8-4-2-5-9-17/h2-11H,12-15H2,1H3. The molecule has 2 aromatic heterocycles. The van der Waals surface area contributed by atoms with E-state index in [1.807, 2.05) is 48.5 Å². The molecule has 6 nitrogen and oxygen atoms in total. The molecule has 0 fully saturated rings. The van der Waals surface area contributed by atoms with Gasteiger partial charge in [0.15, 0.2) is 5.89 Å². The van der Waals surface area contributed by atoms with Crippen LogP contribution in [0.15, 0.2) is 69.6 Å². The number of nitrogens with zero attached hydrogens (tertiary/aromatic N) is 3. The topological polar surface area (TPSA) is 72.4 Å². The Labute approximate surface area is 174 Å². The zero-order valence-corrected chi connectivity index (χ0v) is 16.7. The van der Waals surface area contributed by atoms with Crippen LogP contribution in [0.25, 0.3) is 11.3 Å². The molecule has 2 aromatic carbocycles. The van der Waals surface area contributed by atoms with Crippen molar-refractivity contribution in [2.75, 3.05) is 6.54 Å². The first-order chi connectivity index (χ1) is 14.7. The molecule has 0 spiro atoms. The number of aromatic nitrogens is 2. The Hall–Kier alpha value is -3.67. The van der Waals surface area contributed by atoms with Crippen LogP contribution in [0.2, 0.25) is 0 Å². The van der Waals surface area contributed by atoms with E-state index in [0.717, 1.165) is 22.6 Å². The maximum Gasteiger partial charge on any atom is 0.260 e.